The van der Waals surface area contributed by atoms with Crippen LogP contribution in [0.1, 0.15) is 34.5 Å². The highest BCUT2D eigenvalue weighted by Crippen LogP contribution is 2.29. The van der Waals surface area contributed by atoms with Gasteiger partial charge in [-0.25, -0.2) is 4.98 Å². The molecule has 4 heterocycles. The predicted molar refractivity (Wildman–Crippen MR) is 101 cm³/mol. The number of hydrogen-bond donors (Lipinski definition) is 0. The second-order valence-electron chi connectivity index (χ2n) is 7.61. The molecule has 27 heavy (non-hydrogen) atoms. The Morgan fingerprint density at radius 2 is 2.04 bits per heavy atom. The van der Waals surface area contributed by atoms with Crippen molar-refractivity contribution in [1.29, 1.82) is 0 Å². The zero-order chi connectivity index (χ0) is 18.8. The Morgan fingerprint density at radius 3 is 2.81 bits per heavy atom. The van der Waals surface area contributed by atoms with Crippen LogP contribution in [0.15, 0.2) is 42.9 Å². The van der Waals surface area contributed by atoms with Crippen molar-refractivity contribution >= 4 is 11.8 Å². The van der Waals surface area contributed by atoms with Crippen molar-refractivity contribution in [3.8, 4) is 0 Å². The van der Waals surface area contributed by atoms with Crippen LogP contribution in [0.3, 0.4) is 0 Å². The zero-order valence-corrected chi connectivity index (χ0v) is 15.5. The molecule has 140 valence electrons. The molecule has 3 aliphatic rings. The molecule has 2 aromatic rings. The van der Waals surface area contributed by atoms with Gasteiger partial charge >= 0.3 is 0 Å². The summed E-state index contributed by atoms with van der Waals surface area (Å²) in [4.78, 5) is 37.8. The minimum Gasteiger partial charge on any atom is -0.337 e. The number of amides is 2. The van der Waals surface area contributed by atoms with E-state index in [1.165, 1.54) is 18.0 Å². The van der Waals surface area contributed by atoms with E-state index in [1.807, 2.05) is 34.9 Å². The number of rotatable bonds is 3. The molecule has 2 atom stereocenters. The van der Waals surface area contributed by atoms with E-state index in [1.54, 1.807) is 6.20 Å². The molecule has 3 aliphatic heterocycles. The molecule has 3 saturated heterocycles. The average molecular weight is 364 g/mol. The summed E-state index contributed by atoms with van der Waals surface area (Å²) in [6.07, 6.45) is 7.04. The summed E-state index contributed by atoms with van der Waals surface area (Å²) in [5.74, 6) is 0.392. The quantitative estimate of drug-likeness (QED) is 0.836. The van der Waals surface area contributed by atoms with Crippen molar-refractivity contribution < 1.29 is 9.59 Å². The van der Waals surface area contributed by atoms with Crippen molar-refractivity contribution in [3.63, 3.8) is 0 Å². The molecule has 6 heteroatoms. The van der Waals surface area contributed by atoms with Crippen LogP contribution < -0.4 is 0 Å². The number of aryl methyl sites for hydroxylation is 1. The molecular formula is C21H24N4O2. The molecule has 2 bridgehead atoms. The maximum Gasteiger partial charge on any atom is 0.274 e. The molecule has 0 radical (unpaired) electrons. The van der Waals surface area contributed by atoms with E-state index in [0.717, 1.165) is 24.9 Å². The first-order valence-corrected chi connectivity index (χ1v) is 9.50. The fourth-order valence-electron chi connectivity index (χ4n) is 4.22. The SMILES string of the molecule is Cc1cccc(CC(=O)N2CC3CCC2CN(C(=O)c2cnccn2)C3)c1. The first-order chi connectivity index (χ1) is 13.1. The van der Waals surface area contributed by atoms with E-state index in [0.29, 0.717) is 31.1 Å². The van der Waals surface area contributed by atoms with E-state index < -0.39 is 0 Å². The Balaban J connectivity index is 1.48. The first-order valence-electron chi connectivity index (χ1n) is 9.50. The van der Waals surface area contributed by atoms with Crippen LogP contribution in [0.5, 0.6) is 0 Å². The lowest BCUT2D eigenvalue weighted by atomic mass is 9.94. The van der Waals surface area contributed by atoms with Gasteiger partial charge in [-0.1, -0.05) is 29.8 Å². The molecule has 0 saturated carbocycles. The van der Waals surface area contributed by atoms with Crippen LogP contribution in [0.2, 0.25) is 0 Å². The minimum absolute atomic E-state index is 0.0849. The lowest BCUT2D eigenvalue weighted by Crippen LogP contribution is -2.48. The van der Waals surface area contributed by atoms with Crippen molar-refractivity contribution in [2.24, 2.45) is 5.92 Å². The molecule has 2 amide bonds. The van der Waals surface area contributed by atoms with Crippen LogP contribution in [0, 0.1) is 12.8 Å². The van der Waals surface area contributed by atoms with Crippen LogP contribution in [-0.4, -0.2) is 57.3 Å². The number of carbonyl (C=O) groups excluding carboxylic acids is 2. The van der Waals surface area contributed by atoms with Crippen LogP contribution in [0.25, 0.3) is 0 Å². The number of hydrogen-bond acceptors (Lipinski definition) is 4. The lowest BCUT2D eigenvalue weighted by Gasteiger charge is -2.36. The number of fused-ring (bicyclic) bond motifs is 4. The summed E-state index contributed by atoms with van der Waals surface area (Å²) in [5, 5.41) is 0. The smallest absolute Gasteiger partial charge is 0.274 e. The van der Waals surface area contributed by atoms with Crippen LogP contribution in [0.4, 0.5) is 0 Å². The molecular weight excluding hydrogens is 340 g/mol. The zero-order valence-electron chi connectivity index (χ0n) is 15.5. The van der Waals surface area contributed by atoms with Gasteiger partial charge in [0.05, 0.1) is 12.6 Å². The van der Waals surface area contributed by atoms with Crippen molar-refractivity contribution in [1.82, 2.24) is 19.8 Å². The van der Waals surface area contributed by atoms with Gasteiger partial charge in [0.2, 0.25) is 5.91 Å². The van der Waals surface area contributed by atoms with Gasteiger partial charge in [-0.3, -0.25) is 14.6 Å². The average Bonchev–Trinajstić information content (AvgIpc) is 3.00. The minimum atomic E-state index is -0.0898. The summed E-state index contributed by atoms with van der Waals surface area (Å²) in [5.41, 5.74) is 2.59. The molecule has 1 aromatic carbocycles. The number of benzene rings is 1. The van der Waals surface area contributed by atoms with Gasteiger partial charge in [-0.15, -0.1) is 0 Å². The van der Waals surface area contributed by atoms with Gasteiger partial charge in [0.25, 0.3) is 5.91 Å². The second-order valence-corrected chi connectivity index (χ2v) is 7.61. The number of nitrogens with zero attached hydrogens (tertiary/aromatic N) is 4. The summed E-state index contributed by atoms with van der Waals surface area (Å²) < 4.78 is 0. The lowest BCUT2D eigenvalue weighted by molar-refractivity contribution is -0.134. The molecule has 0 aliphatic carbocycles. The molecule has 6 nitrogen and oxygen atoms in total. The van der Waals surface area contributed by atoms with Gasteiger partial charge in [0, 0.05) is 38.1 Å². The third-order valence-electron chi connectivity index (χ3n) is 5.54. The third-order valence-corrected chi connectivity index (χ3v) is 5.54. The molecule has 0 N–H and O–H groups in total. The summed E-state index contributed by atoms with van der Waals surface area (Å²) >= 11 is 0. The summed E-state index contributed by atoms with van der Waals surface area (Å²) in [6.45, 7) is 4.03. The van der Waals surface area contributed by atoms with E-state index >= 15 is 0 Å². The van der Waals surface area contributed by atoms with Crippen molar-refractivity contribution in [2.45, 2.75) is 32.2 Å². The highest BCUT2D eigenvalue weighted by Gasteiger charge is 2.38. The summed E-state index contributed by atoms with van der Waals surface area (Å²) in [6, 6.07) is 8.19. The standard InChI is InChI=1S/C21H24N4O2/c1-15-3-2-4-16(9-15)10-20(26)25-13-17-5-6-18(25)14-24(12-17)21(27)19-11-22-7-8-23-19/h2-4,7-9,11,17-18H,5-6,10,12-14H2,1H3. The Morgan fingerprint density at radius 1 is 1.15 bits per heavy atom. The van der Waals surface area contributed by atoms with Gasteiger partial charge in [0.1, 0.15) is 5.69 Å². The molecule has 5 rings (SSSR count). The van der Waals surface area contributed by atoms with Crippen molar-refractivity contribution in [3.05, 3.63) is 59.7 Å². The van der Waals surface area contributed by atoms with Gasteiger partial charge in [-0.2, -0.15) is 0 Å². The molecule has 2 unspecified atom stereocenters. The Bertz CT molecular complexity index is 839. The summed E-state index contributed by atoms with van der Waals surface area (Å²) in [7, 11) is 0. The Labute approximate surface area is 159 Å². The Hall–Kier alpha value is -2.76. The first kappa shape index (κ1) is 17.6. The molecule has 0 spiro atoms. The second kappa shape index (κ2) is 7.47. The number of carbonyl (C=O) groups is 2. The van der Waals surface area contributed by atoms with E-state index in [-0.39, 0.29) is 17.9 Å². The monoisotopic (exact) mass is 364 g/mol. The normalized spacial score (nSPS) is 21.8. The number of aromatic nitrogens is 2. The number of piperidine rings is 1. The van der Waals surface area contributed by atoms with Gasteiger partial charge < -0.3 is 9.80 Å². The Kier molecular flexibility index (Phi) is 4.88. The van der Waals surface area contributed by atoms with E-state index in [4.69, 9.17) is 0 Å². The largest absolute Gasteiger partial charge is 0.337 e. The topological polar surface area (TPSA) is 66.4 Å². The van der Waals surface area contributed by atoms with Gasteiger partial charge in [-0.05, 0) is 31.2 Å². The van der Waals surface area contributed by atoms with E-state index in [9.17, 15) is 9.59 Å². The fourth-order valence-corrected chi connectivity index (χ4v) is 4.22. The maximum atomic E-state index is 13.0. The fraction of sp³-hybridized carbons (Fsp3) is 0.429. The highest BCUT2D eigenvalue weighted by molar-refractivity contribution is 5.92. The third kappa shape index (κ3) is 3.84. The maximum absolute atomic E-state index is 13.0. The predicted octanol–water partition coefficient (Wildman–Crippen LogP) is 2.09. The van der Waals surface area contributed by atoms with Crippen LogP contribution >= 0.6 is 0 Å². The van der Waals surface area contributed by atoms with Gasteiger partial charge in [0.15, 0.2) is 0 Å². The van der Waals surface area contributed by atoms with Crippen LogP contribution in [-0.2, 0) is 11.2 Å². The van der Waals surface area contributed by atoms with Crippen molar-refractivity contribution in [2.75, 3.05) is 19.6 Å². The highest BCUT2D eigenvalue weighted by atomic mass is 16.2. The molecule has 1 aromatic heterocycles. The van der Waals surface area contributed by atoms with E-state index in [2.05, 4.69) is 16.0 Å². The molecule has 3 fully saturated rings.